The first-order valence-electron chi connectivity index (χ1n) is 7.23. The van der Waals surface area contributed by atoms with Crippen LogP contribution in [0.5, 0.6) is 0 Å². The molecule has 5 nitrogen and oxygen atoms in total. The van der Waals surface area contributed by atoms with Gasteiger partial charge >= 0.3 is 0 Å². The smallest absolute Gasteiger partial charge is 0.133 e. The first-order chi connectivity index (χ1) is 9.84. The average molecular weight is 271 g/mol. The van der Waals surface area contributed by atoms with E-state index in [0.29, 0.717) is 0 Å². The molecular formula is C15H21N5. The van der Waals surface area contributed by atoms with Gasteiger partial charge in [-0.3, -0.25) is 0 Å². The third kappa shape index (κ3) is 2.82. The van der Waals surface area contributed by atoms with Crippen molar-refractivity contribution in [1.82, 2.24) is 20.1 Å². The van der Waals surface area contributed by atoms with E-state index in [-0.39, 0.29) is 0 Å². The van der Waals surface area contributed by atoms with Gasteiger partial charge < -0.3 is 15.2 Å². The Morgan fingerprint density at radius 1 is 1.40 bits per heavy atom. The first kappa shape index (κ1) is 13.1. The number of aryl methyl sites for hydroxylation is 2. The van der Waals surface area contributed by atoms with Gasteiger partial charge in [0.1, 0.15) is 12.2 Å². The Morgan fingerprint density at radius 2 is 2.35 bits per heavy atom. The Labute approximate surface area is 119 Å². The van der Waals surface area contributed by atoms with E-state index in [1.54, 1.807) is 6.33 Å². The number of nitrogens with zero attached hydrogens (tertiary/aromatic N) is 3. The van der Waals surface area contributed by atoms with Crippen LogP contribution >= 0.6 is 0 Å². The molecule has 0 saturated carbocycles. The minimum absolute atomic E-state index is 0.897. The van der Waals surface area contributed by atoms with Crippen molar-refractivity contribution < 1.29 is 0 Å². The maximum atomic E-state index is 4.09. The zero-order valence-electron chi connectivity index (χ0n) is 11.9. The van der Waals surface area contributed by atoms with Crippen LogP contribution in [-0.2, 0) is 26.4 Å². The van der Waals surface area contributed by atoms with Gasteiger partial charge in [0.15, 0.2) is 0 Å². The standard InChI is InChI=1S/C15H21N5/c1-20-11-18-19-14(20)7-9-16-10-13-5-2-4-12-6-3-8-17-15(12)13/h2,4-5,11,16-17H,3,6-10H2,1H3. The van der Waals surface area contributed by atoms with Crippen molar-refractivity contribution in [3.05, 3.63) is 41.5 Å². The monoisotopic (exact) mass is 271 g/mol. The van der Waals surface area contributed by atoms with Gasteiger partial charge in [0.25, 0.3) is 0 Å². The fraction of sp³-hybridized carbons (Fsp3) is 0.467. The van der Waals surface area contributed by atoms with Crippen LogP contribution in [0.4, 0.5) is 5.69 Å². The van der Waals surface area contributed by atoms with Gasteiger partial charge in [-0.25, -0.2) is 0 Å². The van der Waals surface area contributed by atoms with Crippen LogP contribution < -0.4 is 10.6 Å². The molecule has 2 heterocycles. The molecule has 2 aromatic rings. The van der Waals surface area contributed by atoms with E-state index in [9.17, 15) is 0 Å². The molecule has 1 aliphatic heterocycles. The molecule has 0 spiro atoms. The molecular weight excluding hydrogens is 250 g/mol. The minimum Gasteiger partial charge on any atom is -0.385 e. The van der Waals surface area contributed by atoms with E-state index in [1.807, 2.05) is 11.6 Å². The van der Waals surface area contributed by atoms with E-state index < -0.39 is 0 Å². The van der Waals surface area contributed by atoms with Crippen molar-refractivity contribution in [1.29, 1.82) is 0 Å². The second-order valence-electron chi connectivity index (χ2n) is 5.27. The summed E-state index contributed by atoms with van der Waals surface area (Å²) < 4.78 is 1.97. The summed E-state index contributed by atoms with van der Waals surface area (Å²) in [6.45, 7) is 2.90. The van der Waals surface area contributed by atoms with Crippen LogP contribution in [0.2, 0.25) is 0 Å². The van der Waals surface area contributed by atoms with Gasteiger partial charge in [-0.15, -0.1) is 10.2 Å². The molecule has 0 radical (unpaired) electrons. The van der Waals surface area contributed by atoms with Gasteiger partial charge in [0, 0.05) is 38.8 Å². The largest absolute Gasteiger partial charge is 0.385 e. The molecule has 2 N–H and O–H groups in total. The fourth-order valence-corrected chi connectivity index (χ4v) is 2.68. The summed E-state index contributed by atoms with van der Waals surface area (Å²) in [6, 6.07) is 6.59. The molecule has 20 heavy (non-hydrogen) atoms. The molecule has 0 atom stereocenters. The third-order valence-electron chi connectivity index (χ3n) is 3.81. The summed E-state index contributed by atoms with van der Waals surface area (Å²) in [5.74, 6) is 1.02. The molecule has 0 bridgehead atoms. The quantitative estimate of drug-likeness (QED) is 0.809. The summed E-state index contributed by atoms with van der Waals surface area (Å²) in [4.78, 5) is 0. The van der Waals surface area contributed by atoms with Crippen LogP contribution in [-0.4, -0.2) is 27.9 Å². The summed E-state index contributed by atoms with van der Waals surface area (Å²) in [6.07, 6.45) is 5.07. The predicted molar refractivity (Wildman–Crippen MR) is 79.7 cm³/mol. The van der Waals surface area contributed by atoms with Crippen molar-refractivity contribution in [2.45, 2.75) is 25.8 Å². The van der Waals surface area contributed by atoms with Gasteiger partial charge in [0.05, 0.1) is 0 Å². The van der Waals surface area contributed by atoms with Crippen molar-refractivity contribution in [2.24, 2.45) is 7.05 Å². The zero-order valence-corrected chi connectivity index (χ0v) is 11.9. The number of anilines is 1. The SMILES string of the molecule is Cn1cnnc1CCNCc1cccc2c1NCCC2. The summed E-state index contributed by atoms with van der Waals surface area (Å²) in [7, 11) is 1.98. The van der Waals surface area contributed by atoms with Crippen molar-refractivity contribution in [2.75, 3.05) is 18.4 Å². The highest BCUT2D eigenvalue weighted by molar-refractivity contribution is 5.59. The van der Waals surface area contributed by atoms with Crippen molar-refractivity contribution >= 4 is 5.69 Å². The predicted octanol–water partition coefficient (Wildman–Crippen LogP) is 1.51. The van der Waals surface area contributed by atoms with Crippen molar-refractivity contribution in [3.63, 3.8) is 0 Å². The Bertz CT molecular complexity index is 575. The summed E-state index contributed by atoms with van der Waals surface area (Å²) >= 11 is 0. The molecule has 0 amide bonds. The van der Waals surface area contributed by atoms with Crippen LogP contribution in [0.3, 0.4) is 0 Å². The van der Waals surface area contributed by atoms with Gasteiger partial charge in [0.2, 0.25) is 0 Å². The zero-order chi connectivity index (χ0) is 13.8. The molecule has 0 aliphatic carbocycles. The summed E-state index contributed by atoms with van der Waals surface area (Å²) in [5, 5.41) is 15.0. The maximum absolute atomic E-state index is 4.09. The number of para-hydroxylation sites is 1. The Balaban J connectivity index is 1.55. The molecule has 5 heteroatoms. The molecule has 106 valence electrons. The number of fused-ring (bicyclic) bond motifs is 1. The average Bonchev–Trinajstić information content (AvgIpc) is 2.89. The van der Waals surface area contributed by atoms with Crippen molar-refractivity contribution in [3.8, 4) is 0 Å². The topological polar surface area (TPSA) is 54.8 Å². The molecule has 0 unspecified atom stereocenters. The van der Waals surface area contributed by atoms with Gasteiger partial charge in [-0.2, -0.15) is 0 Å². The lowest BCUT2D eigenvalue weighted by Crippen LogP contribution is -2.21. The van der Waals surface area contributed by atoms with E-state index >= 15 is 0 Å². The molecule has 1 aromatic carbocycles. The lowest BCUT2D eigenvalue weighted by atomic mass is 9.99. The third-order valence-corrected chi connectivity index (χ3v) is 3.81. The minimum atomic E-state index is 0.897. The second-order valence-corrected chi connectivity index (χ2v) is 5.27. The number of nitrogens with one attached hydrogen (secondary N) is 2. The van der Waals surface area contributed by atoms with E-state index in [1.165, 1.54) is 29.7 Å². The normalized spacial score (nSPS) is 13.8. The number of benzene rings is 1. The number of rotatable bonds is 5. The van der Waals surface area contributed by atoms with Crippen LogP contribution in [0, 0.1) is 0 Å². The van der Waals surface area contributed by atoms with E-state index in [4.69, 9.17) is 0 Å². The lowest BCUT2D eigenvalue weighted by Gasteiger charge is -2.21. The molecule has 1 aromatic heterocycles. The van der Waals surface area contributed by atoms with Crippen LogP contribution in [0.15, 0.2) is 24.5 Å². The highest BCUT2D eigenvalue weighted by Crippen LogP contribution is 2.25. The number of hydrogen-bond donors (Lipinski definition) is 2. The van der Waals surface area contributed by atoms with Gasteiger partial charge in [-0.05, 0) is 24.0 Å². The van der Waals surface area contributed by atoms with E-state index in [2.05, 4.69) is 39.0 Å². The highest BCUT2D eigenvalue weighted by Gasteiger charge is 2.11. The van der Waals surface area contributed by atoms with Gasteiger partial charge in [-0.1, -0.05) is 18.2 Å². The maximum Gasteiger partial charge on any atom is 0.133 e. The van der Waals surface area contributed by atoms with E-state index in [0.717, 1.165) is 31.9 Å². The molecule has 0 saturated heterocycles. The highest BCUT2D eigenvalue weighted by atomic mass is 15.2. The number of aromatic nitrogens is 3. The molecule has 1 aliphatic rings. The lowest BCUT2D eigenvalue weighted by molar-refractivity contribution is 0.652. The molecule has 0 fully saturated rings. The Hall–Kier alpha value is -1.88. The first-order valence-corrected chi connectivity index (χ1v) is 7.23. The number of hydrogen-bond acceptors (Lipinski definition) is 4. The van der Waals surface area contributed by atoms with Crippen LogP contribution in [0.25, 0.3) is 0 Å². The Kier molecular flexibility index (Phi) is 3.97. The van der Waals surface area contributed by atoms with Crippen LogP contribution in [0.1, 0.15) is 23.4 Å². The Morgan fingerprint density at radius 3 is 3.20 bits per heavy atom. The fourth-order valence-electron chi connectivity index (χ4n) is 2.68. The second kappa shape index (κ2) is 6.05. The summed E-state index contributed by atoms with van der Waals surface area (Å²) in [5.41, 5.74) is 4.15. The molecule has 3 rings (SSSR count).